The van der Waals surface area contributed by atoms with Gasteiger partial charge in [-0.05, 0) is 13.8 Å². The van der Waals surface area contributed by atoms with Crippen LogP contribution >= 0.6 is 0 Å². The van der Waals surface area contributed by atoms with Crippen molar-refractivity contribution in [2.45, 2.75) is 20.4 Å². The molecule has 1 aromatic rings. The Balaban J connectivity index is 1.71. The van der Waals surface area contributed by atoms with Crippen LogP contribution in [0, 0.1) is 13.8 Å². The quantitative estimate of drug-likeness (QED) is 0.729. The first-order chi connectivity index (χ1) is 8.18. The highest BCUT2D eigenvalue weighted by Gasteiger charge is 2.18. The molecule has 0 aromatic carbocycles. The number of hydrogen-bond donors (Lipinski definition) is 2. The summed E-state index contributed by atoms with van der Waals surface area (Å²) in [5.74, 6) is 0.855. The highest BCUT2D eigenvalue weighted by atomic mass is 16.5. The third-order valence-corrected chi connectivity index (χ3v) is 2.99. The molecule has 0 spiro atoms. The summed E-state index contributed by atoms with van der Waals surface area (Å²) in [6, 6.07) is 0.0316. The van der Waals surface area contributed by atoms with Gasteiger partial charge in [-0.1, -0.05) is 5.16 Å². The SMILES string of the molecule is Cc1noc(C)c1CNCCN1CCNC1=O. The van der Waals surface area contributed by atoms with Gasteiger partial charge in [0.05, 0.1) is 5.69 Å². The van der Waals surface area contributed by atoms with Crippen LogP contribution in [0.25, 0.3) is 0 Å². The number of carbonyl (C=O) groups excluding carboxylic acids is 1. The van der Waals surface area contributed by atoms with Crippen molar-refractivity contribution < 1.29 is 9.32 Å². The van der Waals surface area contributed by atoms with Gasteiger partial charge in [-0.2, -0.15) is 0 Å². The molecule has 0 atom stereocenters. The van der Waals surface area contributed by atoms with Crippen LogP contribution in [0.4, 0.5) is 4.79 Å². The number of urea groups is 1. The number of hydrogen-bond acceptors (Lipinski definition) is 4. The van der Waals surface area contributed by atoms with E-state index in [4.69, 9.17) is 4.52 Å². The molecule has 0 saturated carbocycles. The first-order valence-electron chi connectivity index (χ1n) is 5.83. The fourth-order valence-corrected chi connectivity index (χ4v) is 1.91. The second kappa shape index (κ2) is 5.18. The maximum atomic E-state index is 11.3. The lowest BCUT2D eigenvalue weighted by Crippen LogP contribution is -2.34. The predicted octanol–water partition coefficient (Wildman–Crippen LogP) is 0.406. The Morgan fingerprint density at radius 3 is 2.94 bits per heavy atom. The van der Waals surface area contributed by atoms with Crippen molar-refractivity contribution in [2.24, 2.45) is 0 Å². The van der Waals surface area contributed by atoms with E-state index in [1.54, 1.807) is 4.90 Å². The molecule has 1 fully saturated rings. The molecular weight excluding hydrogens is 220 g/mol. The summed E-state index contributed by atoms with van der Waals surface area (Å²) in [7, 11) is 0. The van der Waals surface area contributed by atoms with Crippen LogP contribution in [-0.4, -0.2) is 42.3 Å². The number of amides is 2. The molecule has 1 aliphatic heterocycles. The number of rotatable bonds is 5. The Labute approximate surface area is 100 Å². The number of aryl methyl sites for hydroxylation is 2. The molecule has 94 valence electrons. The molecule has 1 aromatic heterocycles. The van der Waals surface area contributed by atoms with Crippen molar-refractivity contribution in [3.63, 3.8) is 0 Å². The summed E-state index contributed by atoms with van der Waals surface area (Å²) in [4.78, 5) is 13.1. The van der Waals surface area contributed by atoms with Crippen LogP contribution < -0.4 is 10.6 Å². The minimum atomic E-state index is 0.0316. The molecule has 1 aliphatic rings. The van der Waals surface area contributed by atoms with E-state index in [1.807, 2.05) is 13.8 Å². The van der Waals surface area contributed by atoms with Gasteiger partial charge in [0, 0.05) is 38.3 Å². The first-order valence-corrected chi connectivity index (χ1v) is 5.83. The number of aromatic nitrogens is 1. The lowest BCUT2D eigenvalue weighted by molar-refractivity contribution is 0.217. The second-order valence-corrected chi connectivity index (χ2v) is 4.20. The van der Waals surface area contributed by atoms with E-state index >= 15 is 0 Å². The topological polar surface area (TPSA) is 70.4 Å². The average Bonchev–Trinajstić information content (AvgIpc) is 2.84. The van der Waals surface area contributed by atoms with Crippen molar-refractivity contribution in [3.05, 3.63) is 17.0 Å². The fourth-order valence-electron chi connectivity index (χ4n) is 1.91. The predicted molar refractivity (Wildman–Crippen MR) is 62.7 cm³/mol. The van der Waals surface area contributed by atoms with Crippen molar-refractivity contribution in [1.82, 2.24) is 20.7 Å². The highest BCUT2D eigenvalue weighted by Crippen LogP contribution is 2.11. The molecule has 2 N–H and O–H groups in total. The van der Waals surface area contributed by atoms with Crippen molar-refractivity contribution >= 4 is 6.03 Å². The smallest absolute Gasteiger partial charge is 0.317 e. The summed E-state index contributed by atoms with van der Waals surface area (Å²) < 4.78 is 5.08. The van der Waals surface area contributed by atoms with E-state index in [1.165, 1.54) is 0 Å². The Kier molecular flexibility index (Phi) is 3.63. The van der Waals surface area contributed by atoms with Gasteiger partial charge in [-0.25, -0.2) is 4.79 Å². The van der Waals surface area contributed by atoms with Gasteiger partial charge < -0.3 is 20.1 Å². The molecule has 2 rings (SSSR count). The maximum absolute atomic E-state index is 11.3. The summed E-state index contributed by atoms with van der Waals surface area (Å²) in [6.45, 7) is 7.63. The Morgan fingerprint density at radius 2 is 2.35 bits per heavy atom. The molecule has 17 heavy (non-hydrogen) atoms. The first kappa shape index (κ1) is 11.9. The highest BCUT2D eigenvalue weighted by molar-refractivity contribution is 5.76. The summed E-state index contributed by atoms with van der Waals surface area (Å²) in [5, 5.41) is 9.97. The molecule has 1 saturated heterocycles. The lowest BCUT2D eigenvalue weighted by atomic mass is 10.2. The molecule has 0 bridgehead atoms. The number of carbonyl (C=O) groups is 1. The van der Waals surface area contributed by atoms with Crippen LogP contribution in [0.3, 0.4) is 0 Å². The Morgan fingerprint density at radius 1 is 1.53 bits per heavy atom. The fraction of sp³-hybridized carbons (Fsp3) is 0.636. The molecule has 0 aliphatic carbocycles. The van der Waals surface area contributed by atoms with E-state index in [0.717, 1.165) is 49.7 Å². The summed E-state index contributed by atoms with van der Waals surface area (Å²) >= 11 is 0. The molecule has 0 radical (unpaired) electrons. The second-order valence-electron chi connectivity index (χ2n) is 4.20. The molecular formula is C11H18N4O2. The lowest BCUT2D eigenvalue weighted by Gasteiger charge is -2.14. The largest absolute Gasteiger partial charge is 0.361 e. The third kappa shape index (κ3) is 2.76. The molecule has 2 amide bonds. The summed E-state index contributed by atoms with van der Waals surface area (Å²) in [5.41, 5.74) is 2.03. The van der Waals surface area contributed by atoms with Crippen LogP contribution in [0.15, 0.2) is 4.52 Å². The maximum Gasteiger partial charge on any atom is 0.317 e. The van der Waals surface area contributed by atoms with E-state index in [2.05, 4.69) is 15.8 Å². The van der Waals surface area contributed by atoms with Crippen molar-refractivity contribution in [2.75, 3.05) is 26.2 Å². The summed E-state index contributed by atoms with van der Waals surface area (Å²) in [6.07, 6.45) is 0. The molecule has 6 nitrogen and oxygen atoms in total. The van der Waals surface area contributed by atoms with Gasteiger partial charge in [0.1, 0.15) is 5.76 Å². The zero-order valence-electron chi connectivity index (χ0n) is 10.2. The monoisotopic (exact) mass is 238 g/mol. The van der Waals surface area contributed by atoms with Crippen molar-refractivity contribution in [3.8, 4) is 0 Å². The van der Waals surface area contributed by atoms with Crippen molar-refractivity contribution in [1.29, 1.82) is 0 Å². The molecule has 2 heterocycles. The molecule has 6 heteroatoms. The van der Waals surface area contributed by atoms with Crippen LogP contribution in [0.5, 0.6) is 0 Å². The van der Waals surface area contributed by atoms with E-state index in [9.17, 15) is 4.79 Å². The van der Waals surface area contributed by atoms with Gasteiger partial charge in [-0.15, -0.1) is 0 Å². The van der Waals surface area contributed by atoms with Gasteiger partial charge in [0.2, 0.25) is 0 Å². The van der Waals surface area contributed by atoms with Gasteiger partial charge >= 0.3 is 6.03 Å². The number of nitrogens with one attached hydrogen (secondary N) is 2. The third-order valence-electron chi connectivity index (χ3n) is 2.99. The van der Waals surface area contributed by atoms with Crippen LogP contribution in [0.1, 0.15) is 17.0 Å². The normalized spacial score (nSPS) is 15.4. The van der Waals surface area contributed by atoms with E-state index < -0.39 is 0 Å². The molecule has 0 unspecified atom stereocenters. The van der Waals surface area contributed by atoms with Crippen LogP contribution in [0.2, 0.25) is 0 Å². The average molecular weight is 238 g/mol. The standard InChI is InChI=1S/C11H18N4O2/c1-8-10(9(2)17-14-8)7-12-3-5-15-6-4-13-11(15)16/h12H,3-7H2,1-2H3,(H,13,16). The Hall–Kier alpha value is -1.56. The zero-order valence-corrected chi connectivity index (χ0v) is 10.2. The van der Waals surface area contributed by atoms with Gasteiger partial charge in [-0.3, -0.25) is 0 Å². The van der Waals surface area contributed by atoms with Crippen LogP contribution in [-0.2, 0) is 6.54 Å². The van der Waals surface area contributed by atoms with Gasteiger partial charge in [0.15, 0.2) is 0 Å². The van der Waals surface area contributed by atoms with E-state index in [0.29, 0.717) is 0 Å². The number of nitrogens with zero attached hydrogens (tertiary/aromatic N) is 2. The minimum Gasteiger partial charge on any atom is -0.361 e. The zero-order chi connectivity index (χ0) is 12.3. The Bertz CT molecular complexity index is 383. The van der Waals surface area contributed by atoms with Gasteiger partial charge in [0.25, 0.3) is 0 Å². The minimum absolute atomic E-state index is 0.0316. The van der Waals surface area contributed by atoms with E-state index in [-0.39, 0.29) is 6.03 Å².